The summed E-state index contributed by atoms with van der Waals surface area (Å²) >= 11 is 4.24. The number of imidazole rings is 1. The highest BCUT2D eigenvalue weighted by molar-refractivity contribution is 7.99. The standard InChI is InChI=1S/C18H19N3O3S3/c1-3-21-8-7-19-18(21)27-11-14(22)20-16-15(17(23)24-4-2)12(10-26-16)13-6-5-9-25-13/h5-10H,3-4,11H2,1-2H3,(H,20,22). The van der Waals surface area contributed by atoms with Crippen molar-refractivity contribution in [3.05, 3.63) is 40.8 Å². The summed E-state index contributed by atoms with van der Waals surface area (Å²) in [6, 6.07) is 3.87. The number of aromatic nitrogens is 2. The molecular formula is C18H19N3O3S3. The Bertz CT molecular complexity index is 916. The number of anilines is 1. The van der Waals surface area contributed by atoms with Crippen molar-refractivity contribution >= 4 is 51.3 Å². The number of hydrogen-bond donors (Lipinski definition) is 1. The molecule has 3 aromatic rings. The van der Waals surface area contributed by atoms with Gasteiger partial charge in [-0.2, -0.15) is 0 Å². The largest absolute Gasteiger partial charge is 0.462 e. The van der Waals surface area contributed by atoms with Crippen LogP contribution >= 0.6 is 34.4 Å². The number of nitrogens with zero attached hydrogens (tertiary/aromatic N) is 2. The second kappa shape index (κ2) is 9.20. The zero-order valence-corrected chi connectivity index (χ0v) is 17.4. The zero-order valence-electron chi connectivity index (χ0n) is 14.9. The van der Waals surface area contributed by atoms with E-state index in [2.05, 4.69) is 10.3 Å². The Labute approximate surface area is 169 Å². The van der Waals surface area contributed by atoms with Crippen molar-refractivity contribution in [3.8, 4) is 10.4 Å². The van der Waals surface area contributed by atoms with Crippen LogP contribution < -0.4 is 5.32 Å². The number of thioether (sulfide) groups is 1. The number of carbonyl (C=O) groups excluding carboxylic acids is 2. The molecule has 0 spiro atoms. The fraction of sp³-hybridized carbons (Fsp3) is 0.278. The maximum atomic E-state index is 12.5. The molecule has 27 heavy (non-hydrogen) atoms. The van der Waals surface area contributed by atoms with Crippen LogP contribution in [-0.4, -0.2) is 33.8 Å². The molecule has 0 saturated heterocycles. The van der Waals surface area contributed by atoms with Gasteiger partial charge in [-0.3, -0.25) is 4.79 Å². The van der Waals surface area contributed by atoms with Crippen molar-refractivity contribution in [3.63, 3.8) is 0 Å². The lowest BCUT2D eigenvalue weighted by Crippen LogP contribution is -2.16. The Morgan fingerprint density at radius 1 is 1.33 bits per heavy atom. The zero-order chi connectivity index (χ0) is 19.2. The maximum Gasteiger partial charge on any atom is 0.341 e. The quantitative estimate of drug-likeness (QED) is 0.425. The molecule has 0 fully saturated rings. The minimum absolute atomic E-state index is 0.184. The van der Waals surface area contributed by atoms with Gasteiger partial charge in [-0.1, -0.05) is 17.8 Å². The van der Waals surface area contributed by atoms with E-state index in [-0.39, 0.29) is 18.3 Å². The van der Waals surface area contributed by atoms with Crippen molar-refractivity contribution < 1.29 is 14.3 Å². The number of carbonyl (C=O) groups is 2. The number of nitrogens with one attached hydrogen (secondary N) is 1. The molecule has 0 radical (unpaired) electrons. The molecule has 142 valence electrons. The van der Waals surface area contributed by atoms with E-state index in [0.717, 1.165) is 22.1 Å². The third-order valence-electron chi connectivity index (χ3n) is 3.66. The fourth-order valence-corrected chi connectivity index (χ4v) is 5.05. The maximum absolute atomic E-state index is 12.5. The van der Waals surface area contributed by atoms with Crippen LogP contribution in [0.2, 0.25) is 0 Å². The molecular weight excluding hydrogens is 402 g/mol. The van der Waals surface area contributed by atoms with Crippen LogP contribution in [0.15, 0.2) is 40.4 Å². The normalized spacial score (nSPS) is 10.7. The summed E-state index contributed by atoms with van der Waals surface area (Å²) in [5.41, 5.74) is 1.20. The molecule has 0 atom stereocenters. The van der Waals surface area contributed by atoms with Gasteiger partial charge in [-0.05, 0) is 25.3 Å². The third-order valence-corrected chi connectivity index (χ3v) is 6.46. The molecule has 0 bridgehead atoms. The van der Waals surface area contributed by atoms with E-state index >= 15 is 0 Å². The number of esters is 1. The summed E-state index contributed by atoms with van der Waals surface area (Å²) < 4.78 is 7.17. The Morgan fingerprint density at radius 3 is 2.89 bits per heavy atom. The predicted octanol–water partition coefficient (Wildman–Crippen LogP) is 4.60. The van der Waals surface area contributed by atoms with Crippen LogP contribution in [0.4, 0.5) is 5.00 Å². The molecule has 0 aliphatic rings. The number of thiophene rings is 2. The highest BCUT2D eigenvalue weighted by Crippen LogP contribution is 2.38. The van der Waals surface area contributed by atoms with E-state index in [1.165, 1.54) is 23.1 Å². The molecule has 1 N–H and O–H groups in total. The average molecular weight is 422 g/mol. The molecule has 3 heterocycles. The van der Waals surface area contributed by atoms with Crippen molar-refractivity contribution in [2.75, 3.05) is 17.7 Å². The monoisotopic (exact) mass is 421 g/mol. The molecule has 3 aromatic heterocycles. The third kappa shape index (κ3) is 4.60. The van der Waals surface area contributed by atoms with Gasteiger partial charge >= 0.3 is 5.97 Å². The molecule has 1 amide bonds. The summed E-state index contributed by atoms with van der Waals surface area (Å²) in [6.45, 7) is 4.86. The van der Waals surface area contributed by atoms with Gasteiger partial charge in [0.05, 0.1) is 12.4 Å². The Balaban J connectivity index is 1.75. The number of amides is 1. The van der Waals surface area contributed by atoms with E-state index in [0.29, 0.717) is 10.6 Å². The summed E-state index contributed by atoms with van der Waals surface area (Å²) in [4.78, 5) is 30.1. The SMILES string of the molecule is CCOC(=O)c1c(-c2cccs2)csc1NC(=O)CSc1nccn1CC. The second-order valence-corrected chi connectivity index (χ2v) is 8.15. The van der Waals surface area contributed by atoms with Crippen molar-refractivity contribution in [1.29, 1.82) is 0 Å². The molecule has 6 nitrogen and oxygen atoms in total. The Morgan fingerprint density at radius 2 is 2.19 bits per heavy atom. The van der Waals surface area contributed by atoms with Gasteiger partial charge in [0.25, 0.3) is 0 Å². The van der Waals surface area contributed by atoms with Crippen LogP contribution in [0.25, 0.3) is 10.4 Å². The predicted molar refractivity (Wildman–Crippen MR) is 111 cm³/mol. The van der Waals surface area contributed by atoms with Gasteiger partial charge in [-0.15, -0.1) is 22.7 Å². The number of hydrogen-bond acceptors (Lipinski definition) is 7. The van der Waals surface area contributed by atoms with Crippen LogP contribution in [0, 0.1) is 0 Å². The fourth-order valence-electron chi connectivity index (χ4n) is 2.44. The van der Waals surface area contributed by atoms with E-state index in [1.54, 1.807) is 24.5 Å². The van der Waals surface area contributed by atoms with E-state index in [4.69, 9.17) is 4.74 Å². The van der Waals surface area contributed by atoms with Gasteiger partial charge in [-0.25, -0.2) is 9.78 Å². The average Bonchev–Trinajstić information content (AvgIpc) is 3.39. The van der Waals surface area contributed by atoms with Gasteiger partial charge in [0, 0.05) is 34.8 Å². The first kappa shape index (κ1) is 19.7. The molecule has 0 aromatic carbocycles. The highest BCUT2D eigenvalue weighted by Gasteiger charge is 2.23. The van der Waals surface area contributed by atoms with Crippen molar-refractivity contribution in [2.24, 2.45) is 0 Å². The van der Waals surface area contributed by atoms with Gasteiger partial charge in [0.15, 0.2) is 5.16 Å². The lowest BCUT2D eigenvalue weighted by molar-refractivity contribution is -0.113. The first-order valence-electron chi connectivity index (χ1n) is 8.40. The molecule has 0 unspecified atom stereocenters. The van der Waals surface area contributed by atoms with E-state index in [1.807, 2.05) is 40.6 Å². The van der Waals surface area contributed by atoms with Crippen LogP contribution in [-0.2, 0) is 16.1 Å². The molecule has 0 saturated carbocycles. The summed E-state index contributed by atoms with van der Waals surface area (Å²) in [6.07, 6.45) is 3.60. The number of aryl methyl sites for hydroxylation is 1. The minimum Gasteiger partial charge on any atom is -0.462 e. The highest BCUT2D eigenvalue weighted by atomic mass is 32.2. The smallest absolute Gasteiger partial charge is 0.341 e. The summed E-state index contributed by atoms with van der Waals surface area (Å²) in [5, 5.41) is 8.00. The van der Waals surface area contributed by atoms with Gasteiger partial charge in [0.1, 0.15) is 10.6 Å². The lowest BCUT2D eigenvalue weighted by Gasteiger charge is -2.08. The molecule has 3 rings (SSSR count). The van der Waals surface area contributed by atoms with Gasteiger partial charge < -0.3 is 14.6 Å². The van der Waals surface area contributed by atoms with Crippen LogP contribution in [0.1, 0.15) is 24.2 Å². The minimum atomic E-state index is -0.424. The first-order chi connectivity index (χ1) is 13.1. The summed E-state index contributed by atoms with van der Waals surface area (Å²) in [5.74, 6) is -0.395. The number of ether oxygens (including phenoxy) is 1. The van der Waals surface area contributed by atoms with Crippen molar-refractivity contribution in [2.45, 2.75) is 25.5 Å². The topological polar surface area (TPSA) is 73.2 Å². The molecule has 9 heteroatoms. The molecule has 0 aliphatic heterocycles. The van der Waals surface area contributed by atoms with E-state index in [9.17, 15) is 9.59 Å². The van der Waals surface area contributed by atoms with E-state index < -0.39 is 5.97 Å². The molecule has 0 aliphatic carbocycles. The van der Waals surface area contributed by atoms with Crippen LogP contribution in [0.3, 0.4) is 0 Å². The lowest BCUT2D eigenvalue weighted by atomic mass is 10.1. The first-order valence-corrected chi connectivity index (χ1v) is 11.1. The second-order valence-electron chi connectivity index (χ2n) is 5.38. The van der Waals surface area contributed by atoms with Crippen molar-refractivity contribution in [1.82, 2.24) is 9.55 Å². The summed E-state index contributed by atoms with van der Waals surface area (Å²) in [7, 11) is 0. The Hall–Kier alpha value is -2.10. The number of rotatable bonds is 8. The van der Waals surface area contributed by atoms with Crippen LogP contribution in [0.5, 0.6) is 0 Å². The van der Waals surface area contributed by atoms with Gasteiger partial charge in [0.2, 0.25) is 5.91 Å². The Kier molecular flexibility index (Phi) is 6.70.